The zero-order valence-electron chi connectivity index (χ0n) is 18.1. The minimum absolute atomic E-state index is 0.0894. The summed E-state index contributed by atoms with van der Waals surface area (Å²) in [6.45, 7) is 5.71. The zero-order valence-corrected chi connectivity index (χ0v) is 18.1. The second-order valence-electron chi connectivity index (χ2n) is 8.17. The molecule has 0 N–H and O–H groups in total. The summed E-state index contributed by atoms with van der Waals surface area (Å²) in [6.07, 6.45) is 3.71. The number of nitrogens with zero attached hydrogens (tertiary/aromatic N) is 6. The first-order valence-electron chi connectivity index (χ1n) is 10.8. The van der Waals surface area contributed by atoms with Gasteiger partial charge in [0.25, 0.3) is 6.01 Å². The molecule has 3 heterocycles. The molecule has 33 heavy (non-hydrogen) atoms. The van der Waals surface area contributed by atoms with E-state index in [1.54, 1.807) is 0 Å². The van der Waals surface area contributed by atoms with Crippen molar-refractivity contribution in [2.45, 2.75) is 19.5 Å². The first-order valence-corrected chi connectivity index (χ1v) is 10.8. The Bertz CT molecular complexity index is 1320. The topological polar surface area (TPSA) is 74.1 Å². The van der Waals surface area contributed by atoms with Gasteiger partial charge in [0.05, 0.1) is 29.7 Å². The summed E-state index contributed by atoms with van der Waals surface area (Å²) in [5.74, 6) is -1.95. The van der Waals surface area contributed by atoms with E-state index in [4.69, 9.17) is 9.68 Å². The number of rotatable bonds is 5. The molecule has 9 heteroatoms. The molecule has 2 aromatic heterocycles. The molecule has 5 rings (SSSR count). The van der Waals surface area contributed by atoms with E-state index in [2.05, 4.69) is 32.4 Å². The van der Waals surface area contributed by atoms with Crippen LogP contribution >= 0.6 is 0 Å². The maximum Gasteiger partial charge on any atom is 0.298 e. The predicted octanol–water partition coefficient (Wildman–Crippen LogP) is 4.11. The number of anilines is 1. The van der Waals surface area contributed by atoms with Gasteiger partial charge in [0.2, 0.25) is 5.82 Å². The first-order chi connectivity index (χ1) is 16.0. The van der Waals surface area contributed by atoms with Crippen molar-refractivity contribution >= 4 is 17.1 Å². The molecule has 7 nitrogen and oxygen atoms in total. The van der Waals surface area contributed by atoms with Gasteiger partial charge in [-0.15, -0.1) is 0 Å². The van der Waals surface area contributed by atoms with Crippen LogP contribution in [0.15, 0.2) is 53.3 Å². The average Bonchev–Trinajstić information content (AvgIpc) is 3.49. The predicted molar refractivity (Wildman–Crippen MR) is 119 cm³/mol. The van der Waals surface area contributed by atoms with Crippen molar-refractivity contribution in [3.05, 3.63) is 77.4 Å². The Balaban J connectivity index is 1.24. The van der Waals surface area contributed by atoms with E-state index in [1.165, 1.54) is 6.07 Å². The lowest BCUT2D eigenvalue weighted by Crippen LogP contribution is -2.46. The molecule has 1 fully saturated rings. The third kappa shape index (κ3) is 4.05. The zero-order chi connectivity index (χ0) is 22.9. The van der Waals surface area contributed by atoms with Crippen LogP contribution in [0.4, 0.5) is 14.8 Å². The Morgan fingerprint density at radius 3 is 2.58 bits per heavy atom. The Morgan fingerprint density at radius 1 is 1.09 bits per heavy atom. The van der Waals surface area contributed by atoms with Crippen LogP contribution in [0.1, 0.15) is 29.8 Å². The third-order valence-corrected chi connectivity index (χ3v) is 6.15. The summed E-state index contributed by atoms with van der Waals surface area (Å²) in [7, 11) is 0. The van der Waals surface area contributed by atoms with Crippen LogP contribution in [-0.2, 0) is 6.54 Å². The second-order valence-corrected chi connectivity index (χ2v) is 8.17. The molecule has 0 aliphatic carbocycles. The summed E-state index contributed by atoms with van der Waals surface area (Å²) in [4.78, 5) is 12.9. The smallest absolute Gasteiger partial charge is 0.298 e. The normalized spacial score (nSPS) is 15.6. The molecule has 0 radical (unpaired) electrons. The Labute approximate surface area is 189 Å². The molecule has 4 aromatic rings. The summed E-state index contributed by atoms with van der Waals surface area (Å²) < 4.78 is 35.1. The van der Waals surface area contributed by atoms with Gasteiger partial charge in [-0.1, -0.05) is 12.1 Å². The van der Waals surface area contributed by atoms with Crippen LogP contribution in [0.25, 0.3) is 11.1 Å². The monoisotopic (exact) mass is 448 g/mol. The SMILES string of the molecule is C[C@H](c1ccc(C#N)cc1)n1cncc1CN1CCN(c2nc3ccc(F)c(F)c3o2)CC1. The molecule has 1 aliphatic heterocycles. The van der Waals surface area contributed by atoms with Crippen molar-refractivity contribution < 1.29 is 13.2 Å². The van der Waals surface area contributed by atoms with E-state index >= 15 is 0 Å². The van der Waals surface area contributed by atoms with Gasteiger partial charge in [-0.25, -0.2) is 9.37 Å². The van der Waals surface area contributed by atoms with Gasteiger partial charge < -0.3 is 13.9 Å². The number of halogens is 2. The summed E-state index contributed by atoms with van der Waals surface area (Å²) in [5.41, 5.74) is 3.01. The van der Waals surface area contributed by atoms with Crippen LogP contribution < -0.4 is 4.90 Å². The highest BCUT2D eigenvalue weighted by atomic mass is 19.2. The van der Waals surface area contributed by atoms with Crippen molar-refractivity contribution in [3.8, 4) is 6.07 Å². The molecule has 1 atom stereocenters. The van der Waals surface area contributed by atoms with Gasteiger partial charge in [-0.05, 0) is 36.8 Å². The van der Waals surface area contributed by atoms with E-state index in [9.17, 15) is 8.78 Å². The molecule has 0 unspecified atom stereocenters. The highest BCUT2D eigenvalue weighted by Gasteiger charge is 2.24. The minimum atomic E-state index is -1.01. The Morgan fingerprint density at radius 2 is 1.85 bits per heavy atom. The number of benzene rings is 2. The molecule has 0 amide bonds. The lowest BCUT2D eigenvalue weighted by molar-refractivity contribution is 0.239. The maximum atomic E-state index is 14.0. The lowest BCUT2D eigenvalue weighted by atomic mass is 10.1. The molecule has 0 saturated carbocycles. The number of fused-ring (bicyclic) bond motifs is 1. The van der Waals surface area contributed by atoms with Gasteiger partial charge in [0.15, 0.2) is 11.4 Å². The second kappa shape index (κ2) is 8.64. The fourth-order valence-electron chi connectivity index (χ4n) is 4.19. The first kappa shape index (κ1) is 21.1. The van der Waals surface area contributed by atoms with E-state index < -0.39 is 11.6 Å². The van der Waals surface area contributed by atoms with Gasteiger partial charge in [0, 0.05) is 38.9 Å². The molecular formula is C24H22F2N6O. The van der Waals surface area contributed by atoms with E-state index in [0.29, 0.717) is 30.2 Å². The van der Waals surface area contributed by atoms with Crippen molar-refractivity contribution in [1.82, 2.24) is 19.4 Å². The van der Waals surface area contributed by atoms with E-state index in [1.807, 2.05) is 41.7 Å². The van der Waals surface area contributed by atoms with Crippen LogP contribution in [0.3, 0.4) is 0 Å². The van der Waals surface area contributed by atoms with Gasteiger partial charge in [-0.3, -0.25) is 4.90 Å². The van der Waals surface area contributed by atoms with Crippen molar-refractivity contribution in [2.24, 2.45) is 0 Å². The highest BCUT2D eigenvalue weighted by molar-refractivity contribution is 5.75. The van der Waals surface area contributed by atoms with Crippen molar-refractivity contribution in [2.75, 3.05) is 31.1 Å². The average molecular weight is 448 g/mol. The molecule has 0 spiro atoms. The largest absolute Gasteiger partial charge is 0.420 e. The van der Waals surface area contributed by atoms with Crippen LogP contribution in [0.2, 0.25) is 0 Å². The maximum absolute atomic E-state index is 14.0. The number of oxazole rings is 1. The molecule has 1 aliphatic rings. The standard InChI is InChI=1S/C24H22F2N6O/c1-16(18-4-2-17(12-27)3-5-18)32-15-28-13-19(32)14-30-8-10-31(11-9-30)24-29-21-7-6-20(25)22(26)23(21)33-24/h2-7,13,15-16H,8-11,14H2,1H3/t16-/m1/s1. The van der Waals surface area contributed by atoms with Crippen molar-refractivity contribution in [3.63, 3.8) is 0 Å². The number of aromatic nitrogens is 3. The number of hydrogen-bond donors (Lipinski definition) is 0. The number of nitriles is 1. The molecule has 168 valence electrons. The minimum Gasteiger partial charge on any atom is -0.420 e. The van der Waals surface area contributed by atoms with Crippen LogP contribution in [0.5, 0.6) is 0 Å². The fraction of sp³-hybridized carbons (Fsp3) is 0.292. The molecular weight excluding hydrogens is 426 g/mol. The molecule has 2 aromatic carbocycles. The molecule has 0 bridgehead atoms. The summed E-state index contributed by atoms with van der Waals surface area (Å²) in [5, 5.41) is 9.01. The van der Waals surface area contributed by atoms with Crippen molar-refractivity contribution in [1.29, 1.82) is 5.26 Å². The third-order valence-electron chi connectivity index (χ3n) is 6.15. The lowest BCUT2D eigenvalue weighted by Gasteiger charge is -2.34. The van der Waals surface area contributed by atoms with Gasteiger partial charge in [0.1, 0.15) is 5.52 Å². The fourth-order valence-corrected chi connectivity index (χ4v) is 4.19. The van der Waals surface area contributed by atoms with Gasteiger partial charge >= 0.3 is 0 Å². The van der Waals surface area contributed by atoms with E-state index in [-0.39, 0.29) is 11.6 Å². The van der Waals surface area contributed by atoms with Crippen LogP contribution in [-0.4, -0.2) is 45.6 Å². The Kier molecular flexibility index (Phi) is 5.52. The Hall–Kier alpha value is -3.77. The number of piperazine rings is 1. The quantitative estimate of drug-likeness (QED) is 0.458. The number of imidazole rings is 1. The molecule has 1 saturated heterocycles. The summed E-state index contributed by atoms with van der Waals surface area (Å²) >= 11 is 0. The van der Waals surface area contributed by atoms with Gasteiger partial charge in [-0.2, -0.15) is 14.6 Å². The van der Waals surface area contributed by atoms with E-state index in [0.717, 1.165) is 37.0 Å². The van der Waals surface area contributed by atoms with Crippen LogP contribution in [0, 0.1) is 23.0 Å². The highest BCUT2D eigenvalue weighted by Crippen LogP contribution is 2.27. The summed E-state index contributed by atoms with van der Waals surface area (Å²) in [6, 6.07) is 12.6. The number of hydrogen-bond acceptors (Lipinski definition) is 6.